The molecule has 0 saturated carbocycles. The van der Waals surface area contributed by atoms with Gasteiger partial charge in [0.15, 0.2) is 0 Å². The third kappa shape index (κ3) is 5.95. The van der Waals surface area contributed by atoms with Gasteiger partial charge in [-0.25, -0.2) is 0 Å². The smallest absolute Gasteiger partial charge is 0.320 e. The summed E-state index contributed by atoms with van der Waals surface area (Å²) in [4.78, 5) is 22.8. The molecular weight excluding hydrogens is 268 g/mol. The second-order valence-electron chi connectivity index (χ2n) is 5.39. The first-order valence-corrected chi connectivity index (χ1v) is 7.30. The Labute approximate surface area is 125 Å². The standard InChI is InChI=1S/C16H24N2O3/c1-4-5-14(16(20)21)17-10-15(19)18-13-8-6-12(7-9-13)11(2)3/h6-9,11,14,17H,4-5,10H2,1-3H3,(H,18,19)(H,20,21). The SMILES string of the molecule is CCCC(NCC(=O)Nc1ccc(C(C)C)cc1)C(=O)O. The van der Waals surface area contributed by atoms with Gasteiger partial charge in [0, 0.05) is 5.69 Å². The van der Waals surface area contributed by atoms with Gasteiger partial charge in [-0.2, -0.15) is 0 Å². The van der Waals surface area contributed by atoms with E-state index < -0.39 is 12.0 Å². The molecule has 21 heavy (non-hydrogen) atoms. The van der Waals surface area contributed by atoms with E-state index in [1.54, 1.807) is 0 Å². The van der Waals surface area contributed by atoms with Crippen molar-refractivity contribution in [1.29, 1.82) is 0 Å². The molecule has 1 amide bonds. The van der Waals surface area contributed by atoms with E-state index in [1.807, 2.05) is 31.2 Å². The minimum absolute atomic E-state index is 0.0110. The van der Waals surface area contributed by atoms with E-state index >= 15 is 0 Å². The van der Waals surface area contributed by atoms with Crippen molar-refractivity contribution in [2.24, 2.45) is 0 Å². The third-order valence-electron chi connectivity index (χ3n) is 3.25. The maximum atomic E-state index is 11.8. The molecule has 1 rings (SSSR count). The minimum atomic E-state index is -0.925. The number of nitrogens with one attached hydrogen (secondary N) is 2. The molecule has 0 bridgehead atoms. The van der Waals surface area contributed by atoms with Crippen LogP contribution < -0.4 is 10.6 Å². The van der Waals surface area contributed by atoms with Crippen LogP contribution in [0.5, 0.6) is 0 Å². The van der Waals surface area contributed by atoms with Gasteiger partial charge in [-0.3, -0.25) is 14.9 Å². The number of hydrogen-bond donors (Lipinski definition) is 3. The fourth-order valence-electron chi connectivity index (χ4n) is 1.97. The van der Waals surface area contributed by atoms with E-state index in [1.165, 1.54) is 5.56 Å². The van der Waals surface area contributed by atoms with Crippen molar-refractivity contribution in [3.8, 4) is 0 Å². The topological polar surface area (TPSA) is 78.4 Å². The molecule has 0 aliphatic heterocycles. The Kier molecular flexibility index (Phi) is 6.88. The van der Waals surface area contributed by atoms with Gasteiger partial charge in [0.25, 0.3) is 0 Å². The largest absolute Gasteiger partial charge is 0.480 e. The molecule has 0 heterocycles. The first-order chi connectivity index (χ1) is 9.93. The minimum Gasteiger partial charge on any atom is -0.480 e. The predicted molar refractivity (Wildman–Crippen MR) is 83.5 cm³/mol. The average Bonchev–Trinajstić information content (AvgIpc) is 2.43. The van der Waals surface area contributed by atoms with E-state index in [2.05, 4.69) is 24.5 Å². The van der Waals surface area contributed by atoms with E-state index in [0.29, 0.717) is 18.0 Å². The van der Waals surface area contributed by atoms with Gasteiger partial charge in [0.05, 0.1) is 6.54 Å². The van der Waals surface area contributed by atoms with Crippen LogP contribution in [0.2, 0.25) is 0 Å². The number of anilines is 1. The quantitative estimate of drug-likeness (QED) is 0.688. The summed E-state index contributed by atoms with van der Waals surface area (Å²) in [6, 6.07) is 6.99. The second-order valence-corrected chi connectivity index (χ2v) is 5.39. The molecule has 5 nitrogen and oxygen atoms in total. The van der Waals surface area contributed by atoms with E-state index in [-0.39, 0.29) is 12.5 Å². The molecule has 0 spiro atoms. The lowest BCUT2D eigenvalue weighted by molar-refractivity contribution is -0.139. The monoisotopic (exact) mass is 292 g/mol. The zero-order chi connectivity index (χ0) is 15.8. The maximum absolute atomic E-state index is 11.8. The molecular formula is C16H24N2O3. The van der Waals surface area contributed by atoms with Crippen LogP contribution in [0.3, 0.4) is 0 Å². The lowest BCUT2D eigenvalue weighted by atomic mass is 10.0. The number of carboxylic acids is 1. The first kappa shape index (κ1) is 17.2. The summed E-state index contributed by atoms with van der Waals surface area (Å²) in [5, 5.41) is 14.5. The highest BCUT2D eigenvalue weighted by Gasteiger charge is 2.16. The second kappa shape index (κ2) is 8.42. The number of benzene rings is 1. The Balaban J connectivity index is 2.47. The summed E-state index contributed by atoms with van der Waals surface area (Å²) in [5.74, 6) is -0.720. The van der Waals surface area contributed by atoms with Crippen LogP contribution in [0, 0.1) is 0 Å². The van der Waals surface area contributed by atoms with Gasteiger partial charge in [0.1, 0.15) is 6.04 Å². The van der Waals surface area contributed by atoms with E-state index in [4.69, 9.17) is 5.11 Å². The number of carbonyl (C=O) groups is 2. The average molecular weight is 292 g/mol. The fourth-order valence-corrected chi connectivity index (χ4v) is 1.97. The van der Waals surface area contributed by atoms with Crippen molar-refractivity contribution >= 4 is 17.6 Å². The predicted octanol–water partition coefficient (Wildman–Crippen LogP) is 2.59. The molecule has 0 saturated heterocycles. The number of hydrogen-bond acceptors (Lipinski definition) is 3. The summed E-state index contributed by atoms with van der Waals surface area (Å²) in [6.07, 6.45) is 1.26. The summed E-state index contributed by atoms with van der Waals surface area (Å²) in [6.45, 7) is 6.12. The van der Waals surface area contributed by atoms with Crippen molar-refractivity contribution in [2.75, 3.05) is 11.9 Å². The number of amides is 1. The molecule has 0 radical (unpaired) electrons. The van der Waals surface area contributed by atoms with E-state index in [0.717, 1.165) is 6.42 Å². The molecule has 1 unspecified atom stereocenters. The fraction of sp³-hybridized carbons (Fsp3) is 0.500. The van der Waals surface area contributed by atoms with Crippen molar-refractivity contribution < 1.29 is 14.7 Å². The molecule has 0 aliphatic rings. The highest BCUT2D eigenvalue weighted by Crippen LogP contribution is 2.16. The zero-order valence-electron chi connectivity index (χ0n) is 12.8. The van der Waals surface area contributed by atoms with Crippen LogP contribution in [0.25, 0.3) is 0 Å². The Morgan fingerprint density at radius 1 is 1.19 bits per heavy atom. The van der Waals surface area contributed by atoms with Crippen LogP contribution in [0.15, 0.2) is 24.3 Å². The van der Waals surface area contributed by atoms with Crippen molar-refractivity contribution in [1.82, 2.24) is 5.32 Å². The zero-order valence-corrected chi connectivity index (χ0v) is 12.8. The molecule has 0 aromatic heterocycles. The number of carboxylic acid groups (broad SMARTS) is 1. The van der Waals surface area contributed by atoms with Crippen LogP contribution in [0.4, 0.5) is 5.69 Å². The van der Waals surface area contributed by atoms with Gasteiger partial charge in [0.2, 0.25) is 5.91 Å². The molecule has 116 valence electrons. The van der Waals surface area contributed by atoms with E-state index in [9.17, 15) is 9.59 Å². The number of carbonyl (C=O) groups excluding carboxylic acids is 1. The molecule has 1 atom stereocenters. The van der Waals surface area contributed by atoms with Gasteiger partial charge < -0.3 is 10.4 Å². The Bertz CT molecular complexity index is 469. The molecule has 0 aliphatic carbocycles. The highest BCUT2D eigenvalue weighted by atomic mass is 16.4. The molecule has 1 aromatic carbocycles. The van der Waals surface area contributed by atoms with Crippen LogP contribution >= 0.6 is 0 Å². The Morgan fingerprint density at radius 3 is 2.29 bits per heavy atom. The highest BCUT2D eigenvalue weighted by molar-refractivity contribution is 5.92. The lowest BCUT2D eigenvalue weighted by Crippen LogP contribution is -2.41. The van der Waals surface area contributed by atoms with Crippen LogP contribution in [-0.4, -0.2) is 29.6 Å². The molecule has 0 fully saturated rings. The third-order valence-corrected chi connectivity index (χ3v) is 3.25. The van der Waals surface area contributed by atoms with Crippen molar-refractivity contribution in [3.05, 3.63) is 29.8 Å². The van der Waals surface area contributed by atoms with Crippen molar-refractivity contribution in [3.63, 3.8) is 0 Å². The van der Waals surface area contributed by atoms with Gasteiger partial charge in [-0.05, 0) is 30.0 Å². The number of aliphatic carboxylic acids is 1. The summed E-state index contributed by atoms with van der Waals surface area (Å²) >= 11 is 0. The maximum Gasteiger partial charge on any atom is 0.320 e. The summed E-state index contributed by atoms with van der Waals surface area (Å²) in [7, 11) is 0. The van der Waals surface area contributed by atoms with Gasteiger partial charge >= 0.3 is 5.97 Å². The summed E-state index contributed by atoms with van der Waals surface area (Å²) in [5.41, 5.74) is 1.92. The first-order valence-electron chi connectivity index (χ1n) is 7.30. The normalized spacial score (nSPS) is 12.2. The Hall–Kier alpha value is -1.88. The van der Waals surface area contributed by atoms with Crippen LogP contribution in [0.1, 0.15) is 45.1 Å². The van der Waals surface area contributed by atoms with Gasteiger partial charge in [-0.1, -0.05) is 39.3 Å². The lowest BCUT2D eigenvalue weighted by Gasteiger charge is -2.13. The number of rotatable bonds is 8. The summed E-state index contributed by atoms with van der Waals surface area (Å²) < 4.78 is 0. The molecule has 1 aromatic rings. The van der Waals surface area contributed by atoms with Gasteiger partial charge in [-0.15, -0.1) is 0 Å². The molecule has 5 heteroatoms. The van der Waals surface area contributed by atoms with Crippen molar-refractivity contribution in [2.45, 2.75) is 45.6 Å². The molecule has 3 N–H and O–H groups in total. The Morgan fingerprint density at radius 2 is 1.81 bits per heavy atom. The van der Waals surface area contributed by atoms with Crippen LogP contribution in [-0.2, 0) is 9.59 Å².